The van der Waals surface area contributed by atoms with Crippen LogP contribution in [0.2, 0.25) is 0 Å². The molecule has 0 bridgehead atoms. The summed E-state index contributed by atoms with van der Waals surface area (Å²) in [5, 5.41) is 163. The Balaban J connectivity index is 1.41. The molecule has 5 fully saturated rings. The minimum Gasteiger partial charge on any atom is -0.394 e. The third-order valence-electron chi connectivity index (χ3n) is 11.1. The van der Waals surface area contributed by atoms with E-state index in [-0.39, 0.29) is 0 Å². The second-order valence-corrected chi connectivity index (χ2v) is 15.5. The average molecular weight is 911 g/mol. The molecule has 5 rings (SSSR count). The highest BCUT2D eigenvalue weighted by Crippen LogP contribution is 2.35. The molecule has 28 nitrogen and oxygen atoms in total. The molecule has 360 valence electrons. The maximum absolute atomic E-state index is 12.4. The van der Waals surface area contributed by atoms with Crippen molar-refractivity contribution in [3.63, 3.8) is 0 Å². The van der Waals surface area contributed by atoms with Gasteiger partial charge in [-0.15, -0.1) is 0 Å². The third-order valence-corrected chi connectivity index (χ3v) is 11.1. The monoisotopic (exact) mass is 910 g/mol. The van der Waals surface area contributed by atoms with Gasteiger partial charge in [-0.05, 0) is 0 Å². The number of aliphatic hydroxyl groups is 15. The van der Waals surface area contributed by atoms with Crippen LogP contribution < -0.4 is 10.6 Å². The zero-order valence-electron chi connectivity index (χ0n) is 33.2. The lowest BCUT2D eigenvalue weighted by Crippen LogP contribution is -2.70. The Morgan fingerprint density at radius 2 is 0.823 bits per heavy atom. The van der Waals surface area contributed by atoms with Crippen LogP contribution in [-0.2, 0) is 52.2 Å². The Labute approximate surface area is 351 Å². The highest BCUT2D eigenvalue weighted by molar-refractivity contribution is 5.73. The predicted octanol–water partition coefficient (Wildman–Crippen LogP) is -11.6. The van der Waals surface area contributed by atoms with Crippen LogP contribution >= 0.6 is 0 Å². The number of amides is 2. The van der Waals surface area contributed by atoms with Gasteiger partial charge >= 0.3 is 0 Å². The van der Waals surface area contributed by atoms with E-state index in [0.29, 0.717) is 0 Å². The topological polar surface area (TPSA) is 445 Å². The second kappa shape index (κ2) is 22.0. The van der Waals surface area contributed by atoms with Crippen molar-refractivity contribution >= 4 is 11.8 Å². The van der Waals surface area contributed by atoms with E-state index in [9.17, 15) is 86.2 Å². The van der Waals surface area contributed by atoms with Gasteiger partial charge in [-0.1, -0.05) is 0 Å². The van der Waals surface area contributed by atoms with Crippen molar-refractivity contribution in [2.75, 3.05) is 33.0 Å². The molecule has 5 aliphatic heterocycles. The van der Waals surface area contributed by atoms with E-state index in [1.807, 2.05) is 0 Å². The van der Waals surface area contributed by atoms with Crippen LogP contribution in [0.15, 0.2) is 0 Å². The first kappa shape index (κ1) is 51.0. The summed E-state index contributed by atoms with van der Waals surface area (Å²) in [6.07, 6.45) is -42.3. The summed E-state index contributed by atoms with van der Waals surface area (Å²) in [6.45, 7) is -2.31. The second-order valence-electron chi connectivity index (χ2n) is 15.5. The van der Waals surface area contributed by atoms with E-state index in [0.717, 1.165) is 13.8 Å². The largest absolute Gasteiger partial charge is 0.394 e. The number of aliphatic hydroxyl groups excluding tert-OH is 15. The molecule has 5 saturated heterocycles. The van der Waals surface area contributed by atoms with Crippen LogP contribution in [0.25, 0.3) is 0 Å². The fourth-order valence-corrected chi connectivity index (χ4v) is 7.73. The van der Waals surface area contributed by atoms with E-state index in [1.54, 1.807) is 0 Å². The van der Waals surface area contributed by atoms with E-state index in [4.69, 9.17) is 42.6 Å². The van der Waals surface area contributed by atoms with E-state index in [2.05, 4.69) is 10.6 Å². The van der Waals surface area contributed by atoms with Crippen LogP contribution in [0, 0.1) is 0 Å². The average Bonchev–Trinajstić information content (AvgIpc) is 3.23. The first-order valence-electron chi connectivity index (χ1n) is 19.6. The molecule has 25 atom stereocenters. The maximum atomic E-state index is 12.4. The van der Waals surface area contributed by atoms with Crippen molar-refractivity contribution < 1.29 is 129 Å². The molecular weight excluding hydrogens is 852 g/mol. The zero-order valence-corrected chi connectivity index (χ0v) is 33.2. The Hall–Kier alpha value is -2.02. The molecule has 0 radical (unpaired) electrons. The first-order valence-corrected chi connectivity index (χ1v) is 19.6. The van der Waals surface area contributed by atoms with Gasteiger partial charge in [-0.2, -0.15) is 0 Å². The molecule has 5 aliphatic rings. The molecule has 28 heteroatoms. The molecule has 2 amide bonds. The minimum atomic E-state index is -2.18. The van der Waals surface area contributed by atoms with Gasteiger partial charge in [0.15, 0.2) is 31.5 Å². The number of nitrogens with one attached hydrogen (secondary N) is 2. The summed E-state index contributed by atoms with van der Waals surface area (Å²) in [4.78, 5) is 24.2. The minimum absolute atomic E-state index is 0.693. The summed E-state index contributed by atoms with van der Waals surface area (Å²) < 4.78 is 50.8. The van der Waals surface area contributed by atoms with Gasteiger partial charge in [-0.3, -0.25) is 9.59 Å². The standard InChI is InChI=1S/C34H58N2O26/c1-8(41)35-15-20(46)27(12(5-39)55-30(15)53)60-31-16(36-9(2)42)21(47)28(13(6-40)58-31)61-34-26(52)29(62-33-25(51)23(49)18(44)11(4-38)57-33)19(45)14(59-34)7-54-32-24(50)22(48)17(43)10(3-37)56-32/h10-34,37-40,43-53H,3-7H2,1-2H3,(H,35,41)(H,36,42)/t10-,11-,12-,13-,14-,15-,16-,17-,18-,19-,20-,21-,22+,23+,24+,25+,26+,27-,28-,29+,30-,31-,32-,33+,34+/m1/s1. The lowest BCUT2D eigenvalue weighted by molar-refractivity contribution is -0.384. The molecular formula is C34H58N2O26. The van der Waals surface area contributed by atoms with Gasteiger partial charge in [0, 0.05) is 13.8 Å². The molecule has 0 aliphatic carbocycles. The van der Waals surface area contributed by atoms with E-state index in [1.165, 1.54) is 0 Å². The highest BCUT2D eigenvalue weighted by atomic mass is 16.8. The summed E-state index contributed by atoms with van der Waals surface area (Å²) in [7, 11) is 0. The molecule has 0 saturated carbocycles. The SMILES string of the molecule is CC(=O)N[C@@H]1[C@@H](O)[C@H](O[C@H]2O[C@H](CO)[C@@H](O[C@@H]3O[C@H](CO[C@@H]4O[C@H](CO)[C@@H](O)[C@H](O)[C@@H]4O)[C@@H](O)[C@H](O[C@@H]4O[C@H](CO)[C@@H](O)[C@H](O)[C@@H]4O)[C@@H]3O)[C@H](O)[C@H]2NC(C)=O)[C@@H](CO)O[C@H]1O. The van der Waals surface area contributed by atoms with E-state index < -0.39 is 198 Å². The Morgan fingerprint density at radius 1 is 0.419 bits per heavy atom. The Bertz CT molecular complexity index is 1440. The Kier molecular flexibility index (Phi) is 18.1. The van der Waals surface area contributed by atoms with Gasteiger partial charge in [0.05, 0.1) is 33.0 Å². The fourth-order valence-electron chi connectivity index (χ4n) is 7.73. The van der Waals surface area contributed by atoms with Crippen molar-refractivity contribution in [2.45, 2.75) is 167 Å². The summed E-state index contributed by atoms with van der Waals surface area (Å²) >= 11 is 0. The quantitative estimate of drug-likeness (QED) is 0.0725. The highest BCUT2D eigenvalue weighted by Gasteiger charge is 2.56. The zero-order chi connectivity index (χ0) is 45.9. The summed E-state index contributed by atoms with van der Waals surface area (Å²) in [5.41, 5.74) is 0. The van der Waals surface area contributed by atoms with Crippen LogP contribution in [0.3, 0.4) is 0 Å². The van der Waals surface area contributed by atoms with Crippen molar-refractivity contribution in [1.29, 1.82) is 0 Å². The van der Waals surface area contributed by atoms with Crippen molar-refractivity contribution in [2.24, 2.45) is 0 Å². The fraction of sp³-hybridized carbons (Fsp3) is 0.941. The maximum Gasteiger partial charge on any atom is 0.217 e. The van der Waals surface area contributed by atoms with Gasteiger partial charge in [0.2, 0.25) is 11.8 Å². The smallest absolute Gasteiger partial charge is 0.217 e. The number of carbonyl (C=O) groups excluding carboxylic acids is 2. The predicted molar refractivity (Wildman–Crippen MR) is 190 cm³/mol. The van der Waals surface area contributed by atoms with Gasteiger partial charge in [0.1, 0.15) is 122 Å². The number of hydrogen-bond donors (Lipinski definition) is 17. The Morgan fingerprint density at radius 3 is 1.35 bits per heavy atom. The molecule has 0 spiro atoms. The summed E-state index contributed by atoms with van der Waals surface area (Å²) in [5.74, 6) is -1.49. The lowest BCUT2D eigenvalue weighted by atomic mass is 9.94. The van der Waals surface area contributed by atoms with Crippen LogP contribution in [0.5, 0.6) is 0 Å². The number of hydrogen-bond acceptors (Lipinski definition) is 26. The summed E-state index contributed by atoms with van der Waals surface area (Å²) in [6, 6.07) is -3.19. The molecule has 0 unspecified atom stereocenters. The van der Waals surface area contributed by atoms with Gasteiger partial charge < -0.3 is 130 Å². The van der Waals surface area contributed by atoms with Crippen LogP contribution in [0.1, 0.15) is 13.8 Å². The third kappa shape index (κ3) is 11.0. The van der Waals surface area contributed by atoms with Gasteiger partial charge in [-0.25, -0.2) is 0 Å². The number of ether oxygens (including phenoxy) is 9. The molecule has 17 N–H and O–H groups in total. The van der Waals surface area contributed by atoms with E-state index >= 15 is 0 Å². The molecule has 0 aromatic carbocycles. The van der Waals surface area contributed by atoms with Crippen LogP contribution in [0.4, 0.5) is 0 Å². The van der Waals surface area contributed by atoms with Crippen molar-refractivity contribution in [1.82, 2.24) is 10.6 Å². The van der Waals surface area contributed by atoms with Crippen molar-refractivity contribution in [3.8, 4) is 0 Å². The molecule has 0 aromatic rings. The molecule has 0 aromatic heterocycles. The normalized spacial score (nSPS) is 49.0. The molecule has 62 heavy (non-hydrogen) atoms. The van der Waals surface area contributed by atoms with Crippen LogP contribution in [-0.4, -0.2) is 275 Å². The number of carbonyl (C=O) groups is 2. The van der Waals surface area contributed by atoms with Gasteiger partial charge in [0.25, 0.3) is 0 Å². The molecule has 5 heterocycles. The first-order chi connectivity index (χ1) is 29.3. The number of rotatable bonds is 15. The van der Waals surface area contributed by atoms with Crippen molar-refractivity contribution in [3.05, 3.63) is 0 Å². The lowest BCUT2D eigenvalue weighted by Gasteiger charge is -2.50.